The number of aromatic nitrogens is 5. The third-order valence-electron chi connectivity index (χ3n) is 4.67. The molecule has 160 valence electrons. The average Bonchev–Trinajstić information content (AvgIpc) is 3.22. The fourth-order valence-electron chi connectivity index (χ4n) is 3.18. The molecule has 0 bridgehead atoms. The van der Waals surface area contributed by atoms with Crippen LogP contribution in [0.3, 0.4) is 0 Å². The van der Waals surface area contributed by atoms with E-state index < -0.39 is 5.95 Å². The molecule has 0 saturated heterocycles. The first kappa shape index (κ1) is 20.4. The number of ether oxygens (including phenoxy) is 1. The van der Waals surface area contributed by atoms with Crippen molar-refractivity contribution < 1.29 is 9.13 Å². The number of benzene rings is 2. The summed E-state index contributed by atoms with van der Waals surface area (Å²) in [5.74, 6) is 0.587. The Labute approximate surface area is 191 Å². The van der Waals surface area contributed by atoms with Crippen LogP contribution in [0.4, 0.5) is 16.0 Å². The SMILES string of the molecule is N#Cc1c(F)nc2nc(Nc3ccc(Oc4ccncc4)cc3)nn2c1-c1ccc(Cl)cc1. The highest BCUT2D eigenvalue weighted by molar-refractivity contribution is 6.30. The van der Waals surface area contributed by atoms with Crippen LogP contribution in [0.2, 0.25) is 5.02 Å². The van der Waals surface area contributed by atoms with Crippen LogP contribution in [0.5, 0.6) is 11.5 Å². The molecule has 0 amide bonds. The molecule has 0 radical (unpaired) electrons. The Bertz CT molecular complexity index is 1480. The number of nitriles is 1. The molecule has 8 nitrogen and oxygen atoms in total. The van der Waals surface area contributed by atoms with Gasteiger partial charge in [-0.3, -0.25) is 4.98 Å². The number of nitrogens with one attached hydrogen (secondary N) is 1. The number of pyridine rings is 1. The van der Waals surface area contributed by atoms with Crippen molar-refractivity contribution in [2.24, 2.45) is 0 Å². The molecule has 1 N–H and O–H groups in total. The standard InChI is InChI=1S/C23H13ClFN7O/c24-15-3-1-14(2-4-15)20-19(13-26)21(25)29-23-30-22(31-32(20)23)28-16-5-7-17(8-6-16)33-18-9-11-27-12-10-18/h1-12H,(H,28,31). The predicted molar refractivity (Wildman–Crippen MR) is 120 cm³/mol. The summed E-state index contributed by atoms with van der Waals surface area (Å²) in [6, 6.07) is 19.2. The van der Waals surface area contributed by atoms with Gasteiger partial charge in [0, 0.05) is 28.7 Å². The van der Waals surface area contributed by atoms with Gasteiger partial charge < -0.3 is 10.1 Å². The molecule has 0 aliphatic carbocycles. The van der Waals surface area contributed by atoms with Crippen LogP contribution in [0.25, 0.3) is 17.0 Å². The Kier molecular flexibility index (Phi) is 5.26. The Balaban J connectivity index is 1.47. The Hall–Kier alpha value is -4.55. The molecule has 3 heterocycles. The second kappa shape index (κ2) is 8.53. The number of halogens is 2. The molecular weight excluding hydrogens is 445 g/mol. The van der Waals surface area contributed by atoms with Crippen molar-refractivity contribution in [1.29, 1.82) is 5.26 Å². The molecule has 0 fully saturated rings. The second-order valence-electron chi connectivity index (χ2n) is 6.83. The molecule has 5 aromatic rings. The first-order valence-corrected chi connectivity index (χ1v) is 10.1. The van der Waals surface area contributed by atoms with Gasteiger partial charge in [0.05, 0.1) is 5.69 Å². The summed E-state index contributed by atoms with van der Waals surface area (Å²) in [6.07, 6.45) is 3.29. The van der Waals surface area contributed by atoms with E-state index in [0.29, 0.717) is 27.8 Å². The van der Waals surface area contributed by atoms with Gasteiger partial charge in [0.15, 0.2) is 0 Å². The van der Waals surface area contributed by atoms with Gasteiger partial charge in [-0.15, -0.1) is 5.10 Å². The fourth-order valence-corrected chi connectivity index (χ4v) is 3.30. The van der Waals surface area contributed by atoms with Crippen LogP contribution in [0.1, 0.15) is 5.56 Å². The second-order valence-corrected chi connectivity index (χ2v) is 7.26. The highest BCUT2D eigenvalue weighted by Gasteiger charge is 2.20. The Morgan fingerprint density at radius 1 is 0.939 bits per heavy atom. The van der Waals surface area contributed by atoms with Crippen molar-refractivity contribution in [1.82, 2.24) is 24.6 Å². The molecule has 2 aromatic carbocycles. The Morgan fingerprint density at radius 2 is 1.64 bits per heavy atom. The van der Waals surface area contributed by atoms with Crippen molar-refractivity contribution >= 4 is 29.0 Å². The van der Waals surface area contributed by atoms with Crippen LogP contribution in [0.15, 0.2) is 73.1 Å². The third-order valence-corrected chi connectivity index (χ3v) is 4.92. The van der Waals surface area contributed by atoms with Crippen LogP contribution < -0.4 is 10.1 Å². The molecule has 0 aliphatic heterocycles. The zero-order valence-electron chi connectivity index (χ0n) is 16.8. The van der Waals surface area contributed by atoms with Gasteiger partial charge in [-0.05, 0) is 48.5 Å². The first-order valence-electron chi connectivity index (χ1n) is 9.68. The van der Waals surface area contributed by atoms with Crippen LogP contribution in [-0.2, 0) is 0 Å². The van der Waals surface area contributed by atoms with Gasteiger partial charge >= 0.3 is 0 Å². The van der Waals surface area contributed by atoms with E-state index in [1.54, 1.807) is 73.1 Å². The zero-order valence-corrected chi connectivity index (χ0v) is 17.5. The Morgan fingerprint density at radius 3 is 2.33 bits per heavy atom. The quantitative estimate of drug-likeness (QED) is 0.353. The van der Waals surface area contributed by atoms with Crippen molar-refractivity contribution in [3.63, 3.8) is 0 Å². The van der Waals surface area contributed by atoms with Crippen molar-refractivity contribution in [3.05, 3.63) is 89.6 Å². The van der Waals surface area contributed by atoms with Crippen molar-refractivity contribution in [3.8, 4) is 28.8 Å². The molecule has 3 aromatic heterocycles. The molecular formula is C23H13ClFN7O. The number of hydrogen-bond donors (Lipinski definition) is 1. The minimum atomic E-state index is -0.925. The van der Waals surface area contributed by atoms with E-state index in [4.69, 9.17) is 16.3 Å². The van der Waals surface area contributed by atoms with E-state index in [0.717, 1.165) is 0 Å². The van der Waals surface area contributed by atoms with Gasteiger partial charge in [0.2, 0.25) is 11.9 Å². The van der Waals surface area contributed by atoms with E-state index in [-0.39, 0.29) is 23.0 Å². The molecule has 5 rings (SSSR count). The summed E-state index contributed by atoms with van der Waals surface area (Å²) in [7, 11) is 0. The lowest BCUT2D eigenvalue weighted by atomic mass is 10.1. The zero-order chi connectivity index (χ0) is 22.8. The van der Waals surface area contributed by atoms with Gasteiger partial charge in [0.1, 0.15) is 23.1 Å². The largest absolute Gasteiger partial charge is 0.457 e. The van der Waals surface area contributed by atoms with E-state index in [2.05, 4.69) is 25.4 Å². The van der Waals surface area contributed by atoms with Crippen LogP contribution in [-0.4, -0.2) is 24.6 Å². The maximum absolute atomic E-state index is 14.5. The summed E-state index contributed by atoms with van der Waals surface area (Å²) in [5.41, 5.74) is 1.23. The molecule has 0 unspecified atom stereocenters. The monoisotopic (exact) mass is 457 g/mol. The molecule has 10 heteroatoms. The van der Waals surface area contributed by atoms with E-state index in [9.17, 15) is 9.65 Å². The lowest BCUT2D eigenvalue weighted by molar-refractivity contribution is 0.482. The molecule has 0 spiro atoms. The number of anilines is 2. The summed E-state index contributed by atoms with van der Waals surface area (Å²) in [5, 5.41) is 17.5. The van der Waals surface area contributed by atoms with E-state index >= 15 is 0 Å². The molecule has 0 aliphatic rings. The molecule has 33 heavy (non-hydrogen) atoms. The smallest absolute Gasteiger partial charge is 0.257 e. The maximum Gasteiger partial charge on any atom is 0.257 e. The van der Waals surface area contributed by atoms with Gasteiger partial charge in [-0.2, -0.15) is 24.1 Å². The highest BCUT2D eigenvalue weighted by atomic mass is 35.5. The predicted octanol–water partition coefficient (Wildman–Crippen LogP) is 5.39. The first-order chi connectivity index (χ1) is 16.1. The molecule has 0 saturated carbocycles. The van der Waals surface area contributed by atoms with E-state index in [1.165, 1.54) is 4.52 Å². The van der Waals surface area contributed by atoms with Gasteiger partial charge in [0.25, 0.3) is 5.78 Å². The topological polar surface area (TPSA) is 101 Å². The third kappa shape index (κ3) is 4.15. The lowest BCUT2D eigenvalue weighted by Crippen LogP contribution is -2.04. The summed E-state index contributed by atoms with van der Waals surface area (Å²) in [6.45, 7) is 0. The van der Waals surface area contributed by atoms with Crippen molar-refractivity contribution in [2.75, 3.05) is 5.32 Å². The van der Waals surface area contributed by atoms with Crippen LogP contribution >= 0.6 is 11.6 Å². The minimum absolute atomic E-state index is 0.0107. The van der Waals surface area contributed by atoms with E-state index in [1.807, 2.05) is 6.07 Å². The highest BCUT2D eigenvalue weighted by Crippen LogP contribution is 2.28. The molecule has 0 atom stereocenters. The number of fused-ring (bicyclic) bond motifs is 1. The average molecular weight is 458 g/mol. The number of rotatable bonds is 5. The summed E-state index contributed by atoms with van der Waals surface area (Å²) < 4.78 is 21.6. The minimum Gasteiger partial charge on any atom is -0.457 e. The summed E-state index contributed by atoms with van der Waals surface area (Å²) >= 11 is 5.97. The summed E-state index contributed by atoms with van der Waals surface area (Å²) in [4.78, 5) is 12.0. The van der Waals surface area contributed by atoms with Gasteiger partial charge in [-0.25, -0.2) is 0 Å². The number of hydrogen-bond acceptors (Lipinski definition) is 7. The fraction of sp³-hybridized carbons (Fsp3) is 0. The van der Waals surface area contributed by atoms with Crippen molar-refractivity contribution in [2.45, 2.75) is 0 Å². The number of nitrogens with zero attached hydrogens (tertiary/aromatic N) is 6. The lowest BCUT2D eigenvalue weighted by Gasteiger charge is -2.07. The maximum atomic E-state index is 14.5. The normalized spacial score (nSPS) is 10.7. The van der Waals surface area contributed by atoms with Crippen LogP contribution in [0, 0.1) is 17.3 Å². The van der Waals surface area contributed by atoms with Gasteiger partial charge in [-0.1, -0.05) is 23.7 Å².